The number of amides is 1. The van der Waals surface area contributed by atoms with Crippen molar-refractivity contribution in [2.75, 3.05) is 24.4 Å². The molecule has 110 valence electrons. The number of hydrogen-bond acceptors (Lipinski definition) is 3. The fourth-order valence-electron chi connectivity index (χ4n) is 2.03. The maximum Gasteiger partial charge on any atom is 0.250 e. The lowest BCUT2D eigenvalue weighted by Crippen LogP contribution is -2.16. The summed E-state index contributed by atoms with van der Waals surface area (Å²) in [6.07, 6.45) is 0. The molecule has 1 amide bonds. The molecule has 0 heterocycles. The first kappa shape index (κ1) is 15.1. The van der Waals surface area contributed by atoms with Crippen LogP contribution in [-0.2, 0) is 16.1 Å². The molecule has 4 heteroatoms. The largest absolute Gasteiger partial charge is 0.381 e. The van der Waals surface area contributed by atoms with Crippen molar-refractivity contribution in [3.05, 3.63) is 59.7 Å². The molecular formula is C17H20N2O2. The van der Waals surface area contributed by atoms with Gasteiger partial charge in [0.25, 0.3) is 0 Å². The Bertz CT molecular complexity index is 594. The van der Waals surface area contributed by atoms with Crippen LogP contribution in [0.1, 0.15) is 11.1 Å². The van der Waals surface area contributed by atoms with Gasteiger partial charge in [-0.1, -0.05) is 29.8 Å². The molecule has 0 spiro atoms. The summed E-state index contributed by atoms with van der Waals surface area (Å²) >= 11 is 0. The molecule has 0 aliphatic rings. The van der Waals surface area contributed by atoms with Crippen LogP contribution in [0, 0.1) is 6.92 Å². The lowest BCUT2D eigenvalue weighted by Gasteiger charge is -2.09. The van der Waals surface area contributed by atoms with E-state index in [-0.39, 0.29) is 12.5 Å². The number of nitrogens with one attached hydrogen (secondary N) is 2. The number of carbonyl (C=O) groups is 1. The molecule has 2 aromatic carbocycles. The predicted octanol–water partition coefficient (Wildman–Crippen LogP) is 3.19. The third kappa shape index (κ3) is 4.93. The second kappa shape index (κ2) is 7.45. The molecule has 0 radical (unpaired) electrons. The minimum Gasteiger partial charge on any atom is -0.381 e. The molecule has 4 nitrogen and oxygen atoms in total. The van der Waals surface area contributed by atoms with E-state index in [4.69, 9.17) is 4.74 Å². The Morgan fingerprint density at radius 2 is 1.81 bits per heavy atom. The predicted molar refractivity (Wildman–Crippen MR) is 85.5 cm³/mol. The molecule has 0 aromatic heterocycles. The first-order valence-corrected chi connectivity index (χ1v) is 6.85. The number of anilines is 2. The fourth-order valence-corrected chi connectivity index (χ4v) is 2.03. The number of ether oxygens (including phenoxy) is 1. The van der Waals surface area contributed by atoms with E-state index in [1.165, 1.54) is 18.2 Å². The van der Waals surface area contributed by atoms with Gasteiger partial charge in [-0.2, -0.15) is 0 Å². The molecular weight excluding hydrogens is 264 g/mol. The van der Waals surface area contributed by atoms with Crippen LogP contribution < -0.4 is 10.6 Å². The number of hydrogen-bond donors (Lipinski definition) is 2. The van der Waals surface area contributed by atoms with Crippen LogP contribution in [-0.4, -0.2) is 19.6 Å². The van der Waals surface area contributed by atoms with Crippen molar-refractivity contribution in [2.45, 2.75) is 13.5 Å². The van der Waals surface area contributed by atoms with Crippen LogP contribution >= 0.6 is 0 Å². The highest BCUT2D eigenvalue weighted by atomic mass is 16.5. The summed E-state index contributed by atoms with van der Waals surface area (Å²) in [4.78, 5) is 11.4. The average molecular weight is 284 g/mol. The van der Waals surface area contributed by atoms with Gasteiger partial charge >= 0.3 is 0 Å². The third-order valence-corrected chi connectivity index (χ3v) is 3.02. The Labute approximate surface area is 125 Å². The highest BCUT2D eigenvalue weighted by Gasteiger charge is 2.01. The van der Waals surface area contributed by atoms with Gasteiger partial charge in [0, 0.05) is 25.0 Å². The summed E-state index contributed by atoms with van der Waals surface area (Å²) < 4.78 is 4.77. The smallest absolute Gasteiger partial charge is 0.250 e. The normalized spacial score (nSPS) is 10.2. The number of rotatable bonds is 6. The van der Waals surface area contributed by atoms with Gasteiger partial charge in [-0.15, -0.1) is 0 Å². The Balaban J connectivity index is 1.89. The Hall–Kier alpha value is -2.33. The van der Waals surface area contributed by atoms with Gasteiger partial charge in [-0.25, -0.2) is 0 Å². The third-order valence-electron chi connectivity index (χ3n) is 3.02. The molecule has 2 aromatic rings. The molecule has 0 fully saturated rings. The van der Waals surface area contributed by atoms with Crippen LogP contribution in [0.3, 0.4) is 0 Å². The van der Waals surface area contributed by atoms with Gasteiger partial charge in [0.1, 0.15) is 6.61 Å². The maximum atomic E-state index is 11.4. The summed E-state index contributed by atoms with van der Waals surface area (Å²) in [7, 11) is 1.50. The Morgan fingerprint density at radius 3 is 2.48 bits per heavy atom. The molecule has 2 N–H and O–H groups in total. The second-order valence-electron chi connectivity index (χ2n) is 4.90. The first-order valence-electron chi connectivity index (χ1n) is 6.85. The van der Waals surface area contributed by atoms with E-state index in [2.05, 4.69) is 41.8 Å². The molecule has 0 aliphatic carbocycles. The molecule has 0 saturated heterocycles. The zero-order chi connectivity index (χ0) is 15.1. The van der Waals surface area contributed by atoms with Gasteiger partial charge in [0.2, 0.25) is 5.91 Å². The van der Waals surface area contributed by atoms with Crippen LogP contribution in [0.4, 0.5) is 11.4 Å². The summed E-state index contributed by atoms with van der Waals surface area (Å²) in [5.74, 6) is -0.155. The van der Waals surface area contributed by atoms with E-state index in [0.29, 0.717) is 0 Å². The molecule has 0 bridgehead atoms. The molecule has 0 aliphatic heterocycles. The minimum absolute atomic E-state index is 0.0629. The van der Waals surface area contributed by atoms with E-state index in [0.717, 1.165) is 17.9 Å². The summed E-state index contributed by atoms with van der Waals surface area (Å²) in [5.41, 5.74) is 4.28. The SMILES string of the molecule is COCC(=O)Nc1ccc(NCc2cccc(C)c2)cc1. The number of benzene rings is 2. The Kier molecular flexibility index (Phi) is 5.35. The van der Waals surface area contributed by atoms with Crippen molar-refractivity contribution in [3.63, 3.8) is 0 Å². The van der Waals surface area contributed by atoms with Crippen molar-refractivity contribution in [2.24, 2.45) is 0 Å². The van der Waals surface area contributed by atoms with Gasteiger partial charge in [-0.3, -0.25) is 4.79 Å². The van der Waals surface area contributed by atoms with Gasteiger partial charge < -0.3 is 15.4 Å². The monoisotopic (exact) mass is 284 g/mol. The van der Waals surface area contributed by atoms with Crippen molar-refractivity contribution < 1.29 is 9.53 Å². The topological polar surface area (TPSA) is 50.4 Å². The zero-order valence-corrected chi connectivity index (χ0v) is 12.3. The van der Waals surface area contributed by atoms with Crippen molar-refractivity contribution >= 4 is 17.3 Å². The van der Waals surface area contributed by atoms with Gasteiger partial charge in [-0.05, 0) is 36.8 Å². The average Bonchev–Trinajstić information content (AvgIpc) is 2.47. The van der Waals surface area contributed by atoms with Crippen molar-refractivity contribution in [1.29, 1.82) is 0 Å². The van der Waals surface area contributed by atoms with Gasteiger partial charge in [0.05, 0.1) is 0 Å². The quantitative estimate of drug-likeness (QED) is 0.856. The van der Waals surface area contributed by atoms with E-state index in [9.17, 15) is 4.79 Å². The summed E-state index contributed by atoms with van der Waals surface area (Å²) in [5, 5.41) is 6.12. The van der Waals surface area contributed by atoms with Crippen LogP contribution in [0.2, 0.25) is 0 Å². The lowest BCUT2D eigenvalue weighted by molar-refractivity contribution is -0.119. The lowest BCUT2D eigenvalue weighted by atomic mass is 10.1. The van der Waals surface area contributed by atoms with Crippen LogP contribution in [0.25, 0.3) is 0 Å². The first-order chi connectivity index (χ1) is 10.2. The highest BCUT2D eigenvalue weighted by molar-refractivity contribution is 5.91. The van der Waals surface area contributed by atoms with E-state index in [1.807, 2.05) is 24.3 Å². The van der Waals surface area contributed by atoms with Gasteiger partial charge in [0.15, 0.2) is 0 Å². The number of aryl methyl sites for hydroxylation is 1. The molecule has 0 atom stereocenters. The fraction of sp³-hybridized carbons (Fsp3) is 0.235. The Morgan fingerprint density at radius 1 is 1.10 bits per heavy atom. The molecule has 21 heavy (non-hydrogen) atoms. The number of carbonyl (C=O) groups excluding carboxylic acids is 1. The van der Waals surface area contributed by atoms with Crippen molar-refractivity contribution in [3.8, 4) is 0 Å². The van der Waals surface area contributed by atoms with E-state index < -0.39 is 0 Å². The maximum absolute atomic E-state index is 11.4. The number of methoxy groups -OCH3 is 1. The van der Waals surface area contributed by atoms with Crippen LogP contribution in [0.15, 0.2) is 48.5 Å². The zero-order valence-electron chi connectivity index (χ0n) is 12.3. The standard InChI is InChI=1S/C17H20N2O2/c1-13-4-3-5-14(10-13)11-18-15-6-8-16(9-7-15)19-17(20)12-21-2/h3-10,18H,11-12H2,1-2H3,(H,19,20). The minimum atomic E-state index is -0.155. The molecule has 0 unspecified atom stereocenters. The van der Waals surface area contributed by atoms with E-state index in [1.54, 1.807) is 0 Å². The van der Waals surface area contributed by atoms with E-state index >= 15 is 0 Å². The summed E-state index contributed by atoms with van der Waals surface area (Å²) in [6, 6.07) is 16.0. The highest BCUT2D eigenvalue weighted by Crippen LogP contribution is 2.15. The van der Waals surface area contributed by atoms with Crippen LogP contribution in [0.5, 0.6) is 0 Å². The molecule has 2 rings (SSSR count). The molecule has 0 saturated carbocycles. The van der Waals surface area contributed by atoms with Crippen molar-refractivity contribution in [1.82, 2.24) is 0 Å². The summed E-state index contributed by atoms with van der Waals surface area (Å²) in [6.45, 7) is 2.92. The second-order valence-corrected chi connectivity index (χ2v) is 4.90.